The van der Waals surface area contributed by atoms with E-state index in [1.165, 1.54) is 0 Å². The van der Waals surface area contributed by atoms with Crippen LogP contribution in [-0.4, -0.2) is 0 Å². The van der Waals surface area contributed by atoms with Gasteiger partial charge in [-0.15, -0.1) is 0 Å². The molecule has 55 heavy (non-hydrogen) atoms. The molecule has 0 unspecified atom stereocenters. The molecule has 55 heteroatoms. The Kier molecular flexibility index (Phi) is 23.0. The van der Waals surface area contributed by atoms with E-state index in [0.29, 0.717) is 0 Å². The Morgan fingerprint density at radius 1 is 0.291 bits per heavy atom. The van der Waals surface area contributed by atoms with Crippen molar-refractivity contribution in [2.45, 2.75) is 0 Å². The molecule has 41 nitrogen and oxygen atoms in total. The maximum atomic E-state index is 12.7. The second kappa shape index (κ2) is 20.9. The van der Waals surface area contributed by atoms with Gasteiger partial charge >= 0.3 is 334 Å². The molecule has 0 aromatic heterocycles. The second-order valence-corrected chi connectivity index (χ2v) is 55.7. The number of hydrogen-bond acceptors (Lipinski definition) is 40. The molecule has 0 aliphatic carbocycles. The molecule has 0 aliphatic heterocycles. The van der Waals surface area contributed by atoms with Crippen LogP contribution in [0.25, 0.3) is 0 Å². The molecule has 0 saturated heterocycles. The molecule has 0 rings (SSSR count). The summed E-state index contributed by atoms with van der Waals surface area (Å²) in [6.07, 6.45) is 0. The van der Waals surface area contributed by atoms with E-state index in [1.807, 2.05) is 0 Å². The van der Waals surface area contributed by atoms with Gasteiger partial charge in [0.2, 0.25) is 0 Å². The minimum atomic E-state index is -8.82. The summed E-state index contributed by atoms with van der Waals surface area (Å²) < 4.78 is 351. The van der Waals surface area contributed by atoms with E-state index in [2.05, 4.69) is 45.0 Å². The zero-order valence-corrected chi connectivity index (χ0v) is 48.5. The third kappa shape index (κ3) is 30.9. The summed E-state index contributed by atoms with van der Waals surface area (Å²) in [6, 6.07) is 0. The van der Waals surface area contributed by atoms with Crippen molar-refractivity contribution in [2.24, 2.45) is 0 Å². The third-order valence-corrected chi connectivity index (χ3v) is 62.2. The normalized spacial score (nSPS) is 15.1. The molecule has 0 radical (unpaired) electrons. The van der Waals surface area contributed by atoms with Crippen molar-refractivity contribution in [3.05, 3.63) is 0 Å². The molecule has 0 bridgehead atoms. The van der Waals surface area contributed by atoms with Crippen LogP contribution in [0.3, 0.4) is 0 Å². The topological polar surface area (TPSA) is 634 Å². The Hall–Kier alpha value is 3.34. The van der Waals surface area contributed by atoms with Crippen LogP contribution in [-0.2, 0) is 315 Å². The Balaban J connectivity index is 0. The van der Waals surface area contributed by atoms with E-state index in [-0.39, 0.29) is 0 Å². The maximum absolute atomic E-state index is 12.7. The van der Waals surface area contributed by atoms with Gasteiger partial charge in [0.1, 0.15) is 0 Å². The van der Waals surface area contributed by atoms with Crippen LogP contribution < -0.4 is 16.5 Å². The summed E-state index contributed by atoms with van der Waals surface area (Å²) in [6.45, 7) is 0. The summed E-state index contributed by atoms with van der Waals surface area (Å²) in [7, 11) is -7.94. The van der Waals surface area contributed by atoms with E-state index in [1.54, 1.807) is 0 Å². The van der Waals surface area contributed by atoms with Crippen LogP contribution in [0.4, 0.5) is 0 Å². The van der Waals surface area contributed by atoms with Gasteiger partial charge in [-0.3, -0.25) is 5.25 Å². The van der Waals surface area contributed by atoms with Crippen LogP contribution in [0.1, 0.15) is 0 Å². The summed E-state index contributed by atoms with van der Waals surface area (Å²) in [4.78, 5) is 0. The van der Waals surface area contributed by atoms with Crippen LogP contribution in [0, 0.1) is 0 Å². The van der Waals surface area contributed by atoms with Crippen molar-refractivity contribution in [1.29, 1.82) is 0 Å². The van der Waals surface area contributed by atoms with Gasteiger partial charge in [0.25, 0.3) is 0 Å². The van der Waals surface area contributed by atoms with Crippen molar-refractivity contribution < 1.29 is 332 Å². The fraction of sp³-hybridized carbons (Fsp3) is 0. The molecule has 0 spiro atoms. The minimum absolute atomic E-state index is 2.72. The first-order valence-electron chi connectivity index (χ1n) is 9.00. The number of quaternary nitrogens is 1. The van der Waals surface area contributed by atoms with Gasteiger partial charge < -0.3 is 0 Å². The van der Waals surface area contributed by atoms with Crippen molar-refractivity contribution in [3.63, 3.8) is 0 Å². The van der Waals surface area contributed by atoms with E-state index < -0.39 is 209 Å². The first-order valence-corrected chi connectivity index (χ1v) is 50.3. The molecule has 334 valence electrons. The van der Waals surface area contributed by atoms with Gasteiger partial charge in [0.05, 0.1) is 0 Å². The number of hydrogen-bond donors (Lipinski definition) is 1. The van der Waals surface area contributed by atoms with Crippen molar-refractivity contribution in [3.8, 4) is 0 Å². The zero-order chi connectivity index (χ0) is 45.0. The predicted octanol–water partition coefficient (Wildman–Crippen LogP) is -7.14. The molecule has 0 atom stereocenters. The summed E-state index contributed by atoms with van der Waals surface area (Å²) in [5, 5.41) is 2.72. The Bertz CT molecular complexity index is 2520. The van der Waals surface area contributed by atoms with Crippen molar-refractivity contribution in [1.82, 2.24) is 0 Å². The van der Waals surface area contributed by atoms with Gasteiger partial charge in [-0.25, -0.2) is 0 Å². The molecule has 0 aliphatic rings. The molecule has 0 amide bonds. The molecule has 0 aromatic carbocycles. The Labute approximate surface area is 344 Å². The van der Waals surface area contributed by atoms with E-state index in [4.69, 9.17) is 0 Å². The first-order chi connectivity index (χ1) is 23.5. The van der Waals surface area contributed by atoms with Crippen LogP contribution in [0.2, 0.25) is 0 Å². The zero-order valence-electron chi connectivity index (χ0n) is 22.8. The van der Waals surface area contributed by atoms with Crippen molar-refractivity contribution in [2.75, 3.05) is 0 Å². The summed E-state index contributed by atoms with van der Waals surface area (Å²) in [5.41, 5.74) is 0. The van der Waals surface area contributed by atoms with Gasteiger partial charge in [-0.1, -0.05) is 0 Å². The van der Waals surface area contributed by atoms with E-state index >= 15 is 0 Å². The smallest absolute Gasteiger partial charge is 0.159 e. The van der Waals surface area contributed by atoms with Crippen LogP contribution >= 0.6 is 19.6 Å². The quantitative estimate of drug-likeness (QED) is 0.0533. The molecular formula is H3ClMo12NO40P-2. The van der Waals surface area contributed by atoms with Crippen molar-refractivity contribution >= 4 is 19.6 Å². The number of phosphoric acid groups is 1. The fourth-order valence-electron chi connectivity index (χ4n) is 1.40. The van der Waals surface area contributed by atoms with E-state index in [9.17, 15) is 97.4 Å². The first kappa shape index (κ1) is 60.4. The molecule has 0 heterocycles. The van der Waals surface area contributed by atoms with Gasteiger partial charge in [0.15, 0.2) is 11.8 Å². The third-order valence-electron chi connectivity index (χ3n) is 2.05. The predicted molar refractivity (Wildman–Crippen MR) is 45.8 cm³/mol. The van der Waals surface area contributed by atoms with Gasteiger partial charge in [-0.2, -0.15) is 0 Å². The monoisotopic (exact) mass is 1900 g/mol. The number of halogens is 1. The summed E-state index contributed by atoms with van der Waals surface area (Å²) >= 11 is -94.2. The Morgan fingerprint density at radius 2 is 0.418 bits per heavy atom. The van der Waals surface area contributed by atoms with Gasteiger partial charge in [-0.05, 0) is 0 Å². The standard InChI is InChI=1S/ClH2N.12Mo.H3O4P.36O/c1-2;;;;;;;;;;;;;1-5(2,3)4;;;;;;;;;;;;;;;;;;;;;;;;;;;;;;;;;;;;/h2H2;;;;;;;;;;;;;(H3,1,2,3,4);;;;;;;;;;;;;;;;;;;;;;;;;;;;;;;;;;;;/q;;;;;;;;;;3*+1;;;;;;;;;;;;;;;;;;;;;;;;;;;;;;;;;;;3*-1/p-2. The second-order valence-electron chi connectivity index (χ2n) is 6.18. The van der Waals surface area contributed by atoms with Gasteiger partial charge in [0, 0.05) is 0 Å². The summed E-state index contributed by atoms with van der Waals surface area (Å²) in [5.74, 6) is 0. The molecule has 0 fully saturated rings. The average Bonchev–Trinajstić information content (AvgIpc) is 2.66. The largest absolute Gasteiger partial charge is 0.256 e. The molecule has 0 saturated carbocycles. The molecule has 3 N–H and O–H groups in total. The maximum Gasteiger partial charge on any atom is 0.159 e. The fourth-order valence-corrected chi connectivity index (χ4v) is 60.0. The minimum Gasteiger partial charge on any atom is -0.256 e. The van der Waals surface area contributed by atoms with E-state index in [0.717, 1.165) is 0 Å². The van der Waals surface area contributed by atoms with Crippen LogP contribution in [0.15, 0.2) is 0 Å². The SMILES string of the molecule is O=P([O][Mo](=[O])(=[O])[O][Mo](=[O])(=[O])[O][Mo](=[O])(=[O])[O][Mo](=[O])(=[O])[O-])([O][Mo](=[O])(=[O])[O][Mo](=[O])(=[O])[O][Mo](=[O])(=[O])[O][Mo](=[O])(=[O])[O-])[O][Mo](=[O])(=[O])[O][Mo](=[O])(=[O])[O][Mo](=[O])(=[O])[O][Mo](=[O])(=[O])[O-].[NH3+]Cl. The average molecular weight is 1870 g/mol. The number of rotatable bonds is 24. The molecule has 0 aromatic rings. The molecular weight excluding hydrogens is 1870 g/mol. The van der Waals surface area contributed by atoms with Crippen LogP contribution in [0.5, 0.6) is 0 Å². The Morgan fingerprint density at radius 3 is 0.564 bits per heavy atom.